The minimum atomic E-state index is -5.10. The predicted molar refractivity (Wildman–Crippen MR) is 55.3 cm³/mol. The van der Waals surface area contributed by atoms with E-state index in [-0.39, 0.29) is 5.75 Å². The number of methoxy groups -OCH3 is 1. The van der Waals surface area contributed by atoms with Crippen molar-refractivity contribution in [1.82, 2.24) is 0 Å². The second-order valence-electron chi connectivity index (χ2n) is 3.11. The predicted octanol–water partition coefficient (Wildman–Crippen LogP) is 1.89. The maximum atomic E-state index is 12.0. The fraction of sp³-hybridized carbons (Fsp3) is 0.222. The molecule has 0 saturated heterocycles. The number of carbonyl (C=O) groups excluding carboxylic acids is 1. The SMILES string of the molecule is COc1ccc(NC(=O)C(F)(F)F)c(N([O-])O)c1. The van der Waals surface area contributed by atoms with Crippen molar-refractivity contribution in [2.75, 3.05) is 17.7 Å². The first kappa shape index (κ1) is 14.1. The molecule has 6 nitrogen and oxygen atoms in total. The van der Waals surface area contributed by atoms with Gasteiger partial charge in [0, 0.05) is 6.07 Å². The first-order valence-corrected chi connectivity index (χ1v) is 4.48. The molecule has 100 valence electrons. The Hall–Kier alpha value is -2.00. The zero-order valence-electron chi connectivity index (χ0n) is 8.99. The molecular formula is C9H8F3N2O4-. The van der Waals surface area contributed by atoms with Gasteiger partial charge in [0.15, 0.2) is 0 Å². The molecule has 0 aromatic heterocycles. The van der Waals surface area contributed by atoms with Gasteiger partial charge in [0.25, 0.3) is 0 Å². The van der Waals surface area contributed by atoms with Crippen LogP contribution >= 0.6 is 0 Å². The number of alkyl halides is 3. The fourth-order valence-electron chi connectivity index (χ4n) is 1.10. The van der Waals surface area contributed by atoms with Crippen molar-refractivity contribution in [3.8, 4) is 5.75 Å². The number of benzene rings is 1. The van der Waals surface area contributed by atoms with E-state index in [1.54, 1.807) is 0 Å². The number of ether oxygens (including phenoxy) is 1. The molecule has 1 rings (SSSR count). The topological polar surface area (TPSA) is 84.9 Å². The van der Waals surface area contributed by atoms with Gasteiger partial charge in [-0.15, -0.1) is 0 Å². The van der Waals surface area contributed by atoms with Crippen molar-refractivity contribution in [3.05, 3.63) is 23.4 Å². The number of nitrogens with one attached hydrogen (secondary N) is 1. The lowest BCUT2D eigenvalue weighted by molar-refractivity contribution is -0.167. The van der Waals surface area contributed by atoms with Crippen LogP contribution in [0.1, 0.15) is 0 Å². The highest BCUT2D eigenvalue weighted by Gasteiger charge is 2.39. The van der Waals surface area contributed by atoms with Gasteiger partial charge in [-0.3, -0.25) is 10.0 Å². The summed E-state index contributed by atoms with van der Waals surface area (Å²) in [6, 6.07) is 3.19. The molecule has 0 heterocycles. The van der Waals surface area contributed by atoms with Gasteiger partial charge in [0.05, 0.1) is 18.5 Å². The van der Waals surface area contributed by atoms with Gasteiger partial charge in [0.2, 0.25) is 0 Å². The van der Waals surface area contributed by atoms with Crippen molar-refractivity contribution in [2.45, 2.75) is 6.18 Å². The zero-order valence-corrected chi connectivity index (χ0v) is 8.99. The summed E-state index contributed by atoms with van der Waals surface area (Å²) in [5, 5.41) is 20.3. The van der Waals surface area contributed by atoms with Crippen LogP contribution in [0.4, 0.5) is 24.5 Å². The van der Waals surface area contributed by atoms with Gasteiger partial charge in [-0.25, -0.2) is 0 Å². The largest absolute Gasteiger partial charge is 0.733 e. The average Bonchev–Trinajstić information content (AvgIpc) is 2.27. The van der Waals surface area contributed by atoms with Crippen LogP contribution in [0.15, 0.2) is 18.2 Å². The summed E-state index contributed by atoms with van der Waals surface area (Å²) in [6.45, 7) is 0. The van der Waals surface area contributed by atoms with E-state index in [9.17, 15) is 23.2 Å². The third-order valence-corrected chi connectivity index (χ3v) is 1.92. The van der Waals surface area contributed by atoms with Crippen LogP contribution in [0, 0.1) is 5.21 Å². The maximum Gasteiger partial charge on any atom is 0.471 e. The summed E-state index contributed by atoms with van der Waals surface area (Å²) < 4.78 is 40.8. The number of hydrogen-bond acceptors (Lipinski definition) is 5. The Morgan fingerprint density at radius 1 is 1.50 bits per heavy atom. The van der Waals surface area contributed by atoms with Crippen molar-refractivity contribution < 1.29 is 27.9 Å². The Morgan fingerprint density at radius 3 is 2.56 bits per heavy atom. The lowest BCUT2D eigenvalue weighted by Crippen LogP contribution is -2.30. The zero-order chi connectivity index (χ0) is 13.9. The van der Waals surface area contributed by atoms with Crippen LogP contribution in [0.25, 0.3) is 0 Å². The summed E-state index contributed by atoms with van der Waals surface area (Å²) in [7, 11) is 1.26. The minimum absolute atomic E-state index is 0.130. The van der Waals surface area contributed by atoms with E-state index in [1.165, 1.54) is 18.5 Å². The number of halogens is 3. The van der Waals surface area contributed by atoms with E-state index in [4.69, 9.17) is 9.94 Å². The first-order valence-electron chi connectivity index (χ1n) is 4.48. The van der Waals surface area contributed by atoms with Crippen LogP contribution in [0.3, 0.4) is 0 Å². The van der Waals surface area contributed by atoms with Crippen LogP contribution in [0.2, 0.25) is 0 Å². The molecule has 1 aromatic carbocycles. The highest BCUT2D eigenvalue weighted by atomic mass is 19.4. The quantitative estimate of drug-likeness (QED) is 0.815. The normalized spacial score (nSPS) is 11.0. The molecule has 0 spiro atoms. The third kappa shape index (κ3) is 3.25. The van der Waals surface area contributed by atoms with Gasteiger partial charge >= 0.3 is 12.1 Å². The van der Waals surface area contributed by atoms with Crippen molar-refractivity contribution in [2.24, 2.45) is 0 Å². The molecule has 1 amide bonds. The second kappa shape index (κ2) is 5.10. The monoisotopic (exact) mass is 265 g/mol. The summed E-state index contributed by atoms with van der Waals surface area (Å²) in [6.07, 6.45) is -5.10. The molecule has 0 unspecified atom stereocenters. The molecule has 2 N–H and O–H groups in total. The van der Waals surface area contributed by atoms with Crippen LogP contribution in [-0.4, -0.2) is 24.4 Å². The minimum Gasteiger partial charge on any atom is -0.733 e. The highest BCUT2D eigenvalue weighted by Crippen LogP contribution is 2.30. The number of anilines is 2. The molecule has 0 aliphatic carbocycles. The van der Waals surface area contributed by atoms with Crippen molar-refractivity contribution in [3.63, 3.8) is 0 Å². The van der Waals surface area contributed by atoms with Gasteiger partial charge in [-0.05, 0) is 12.1 Å². The summed E-state index contributed by atoms with van der Waals surface area (Å²) in [5.74, 6) is -2.12. The molecule has 18 heavy (non-hydrogen) atoms. The van der Waals surface area contributed by atoms with E-state index in [0.29, 0.717) is 0 Å². The first-order chi connectivity index (χ1) is 8.25. The van der Waals surface area contributed by atoms with Gasteiger partial charge < -0.3 is 20.5 Å². The van der Waals surface area contributed by atoms with Crippen LogP contribution in [-0.2, 0) is 4.79 Å². The molecule has 0 saturated carbocycles. The lowest BCUT2D eigenvalue weighted by Gasteiger charge is -2.25. The van der Waals surface area contributed by atoms with Gasteiger partial charge in [-0.2, -0.15) is 13.2 Å². The smallest absolute Gasteiger partial charge is 0.471 e. The molecule has 0 aliphatic rings. The molecule has 0 aliphatic heterocycles. The number of amides is 1. The molecule has 0 fully saturated rings. The molecule has 0 radical (unpaired) electrons. The Kier molecular flexibility index (Phi) is 3.99. The highest BCUT2D eigenvalue weighted by molar-refractivity contribution is 5.97. The summed E-state index contributed by atoms with van der Waals surface area (Å²) in [5.41, 5.74) is -1.07. The van der Waals surface area contributed by atoms with Gasteiger partial charge in [0.1, 0.15) is 5.75 Å². The fourth-order valence-corrected chi connectivity index (χ4v) is 1.10. The molecule has 0 bridgehead atoms. The second-order valence-corrected chi connectivity index (χ2v) is 3.11. The van der Waals surface area contributed by atoms with Crippen molar-refractivity contribution in [1.29, 1.82) is 0 Å². The summed E-state index contributed by atoms with van der Waals surface area (Å²) in [4.78, 5) is 10.7. The third-order valence-electron chi connectivity index (χ3n) is 1.92. The Bertz CT molecular complexity index is 448. The van der Waals surface area contributed by atoms with Crippen LogP contribution in [0.5, 0.6) is 5.75 Å². The standard InChI is InChI=1S/C9H8F3N2O4/c1-18-5-2-3-6(7(4-5)14(16)17)13-8(15)9(10,11)12/h2-4,16H,1H3,(H,13,15)/q-1. The van der Waals surface area contributed by atoms with E-state index >= 15 is 0 Å². The van der Waals surface area contributed by atoms with Gasteiger partial charge in [-0.1, -0.05) is 0 Å². The molecule has 0 atom stereocenters. The molecule has 9 heteroatoms. The Morgan fingerprint density at radius 2 is 2.11 bits per heavy atom. The Balaban J connectivity index is 3.05. The summed E-state index contributed by atoms with van der Waals surface area (Å²) >= 11 is 0. The van der Waals surface area contributed by atoms with E-state index < -0.39 is 28.7 Å². The lowest BCUT2D eigenvalue weighted by atomic mass is 10.2. The number of nitrogens with zero attached hydrogens (tertiary/aromatic N) is 1. The average molecular weight is 265 g/mol. The molecular weight excluding hydrogens is 257 g/mol. The van der Waals surface area contributed by atoms with E-state index in [0.717, 1.165) is 12.1 Å². The van der Waals surface area contributed by atoms with Crippen molar-refractivity contribution >= 4 is 17.3 Å². The van der Waals surface area contributed by atoms with Crippen LogP contribution < -0.4 is 15.3 Å². The molecule has 1 aromatic rings. The number of hydrogen-bond donors (Lipinski definition) is 2. The number of rotatable bonds is 3. The Labute approximate surface area is 99.1 Å². The number of carbonyl (C=O) groups is 1. The van der Waals surface area contributed by atoms with E-state index in [1.807, 2.05) is 0 Å². The maximum absolute atomic E-state index is 12.0. The van der Waals surface area contributed by atoms with E-state index in [2.05, 4.69) is 0 Å².